The summed E-state index contributed by atoms with van der Waals surface area (Å²) in [6.07, 6.45) is 1.58. The molecule has 0 radical (unpaired) electrons. The van der Waals surface area contributed by atoms with Crippen molar-refractivity contribution in [2.75, 3.05) is 30.9 Å². The Balaban J connectivity index is 1.21. The molecule has 0 spiro atoms. The van der Waals surface area contributed by atoms with Crippen LogP contribution in [0.15, 0.2) is 83.2 Å². The lowest BCUT2D eigenvalue weighted by molar-refractivity contribution is 0.0532. The number of nitrogens with one attached hydrogen (secondary N) is 1. The molecule has 1 aliphatic rings. The van der Waals surface area contributed by atoms with Gasteiger partial charge in [-0.3, -0.25) is 19.3 Å². The highest BCUT2D eigenvalue weighted by molar-refractivity contribution is 7.94. The highest BCUT2D eigenvalue weighted by Crippen LogP contribution is 2.30. The Kier molecular flexibility index (Phi) is 6.23. The van der Waals surface area contributed by atoms with Gasteiger partial charge in [0.05, 0.1) is 0 Å². The molecule has 1 saturated heterocycles. The molecular weight excluding hydrogens is 484 g/mol. The fourth-order valence-electron chi connectivity index (χ4n) is 3.92. The van der Waals surface area contributed by atoms with Crippen molar-refractivity contribution >= 4 is 48.9 Å². The summed E-state index contributed by atoms with van der Waals surface area (Å²) in [7, 11) is -3.74. The van der Waals surface area contributed by atoms with Crippen molar-refractivity contribution in [2.45, 2.75) is 4.21 Å². The highest BCUT2D eigenvalue weighted by Gasteiger charge is 2.26. The number of fused-ring (bicyclic) bond motifs is 1. The molecule has 0 aliphatic carbocycles. The lowest BCUT2D eigenvalue weighted by atomic mass is 10.1. The van der Waals surface area contributed by atoms with Gasteiger partial charge in [0.2, 0.25) is 0 Å². The third-order valence-electron chi connectivity index (χ3n) is 5.79. The lowest BCUT2D eigenvalue weighted by Gasteiger charge is -2.34. The van der Waals surface area contributed by atoms with Crippen molar-refractivity contribution in [3.05, 3.63) is 90.3 Å². The van der Waals surface area contributed by atoms with Crippen molar-refractivity contribution in [2.24, 2.45) is 0 Å². The van der Waals surface area contributed by atoms with Crippen LogP contribution in [0.5, 0.6) is 0 Å². The van der Waals surface area contributed by atoms with Gasteiger partial charge in [0.1, 0.15) is 9.90 Å². The normalized spacial score (nSPS) is 14.2. The zero-order chi connectivity index (χ0) is 24.4. The number of rotatable bonds is 5. The minimum absolute atomic E-state index is 0.145. The molecule has 178 valence electrons. The fourth-order valence-corrected chi connectivity index (χ4v) is 6.38. The van der Waals surface area contributed by atoms with E-state index in [1.54, 1.807) is 64.5 Å². The van der Waals surface area contributed by atoms with Crippen molar-refractivity contribution in [3.8, 4) is 0 Å². The molecule has 2 amide bonds. The second-order valence-corrected chi connectivity index (χ2v) is 11.1. The molecule has 0 atom stereocenters. The van der Waals surface area contributed by atoms with E-state index in [4.69, 9.17) is 0 Å². The second kappa shape index (κ2) is 9.47. The van der Waals surface area contributed by atoms with E-state index in [9.17, 15) is 18.0 Å². The fraction of sp³-hybridized carbons (Fsp3) is 0.160. The molecule has 0 saturated carbocycles. The average Bonchev–Trinajstić information content (AvgIpc) is 3.34. The number of benzene rings is 2. The maximum Gasteiger partial charge on any atom is 0.272 e. The third-order valence-corrected chi connectivity index (χ3v) is 8.76. The summed E-state index contributed by atoms with van der Waals surface area (Å²) in [6, 6.07) is 20.7. The number of anilines is 1. The number of nitrogens with zero attached hydrogens (tertiary/aromatic N) is 3. The van der Waals surface area contributed by atoms with Crippen LogP contribution in [0.25, 0.3) is 10.1 Å². The van der Waals surface area contributed by atoms with Crippen LogP contribution in [0.2, 0.25) is 0 Å². The smallest absolute Gasteiger partial charge is 0.272 e. The Labute approximate surface area is 206 Å². The number of pyridine rings is 1. The van der Waals surface area contributed by atoms with Crippen molar-refractivity contribution in [3.63, 3.8) is 0 Å². The maximum absolute atomic E-state index is 12.9. The first-order chi connectivity index (χ1) is 16.9. The Morgan fingerprint density at radius 3 is 2.14 bits per heavy atom. The quantitative estimate of drug-likeness (QED) is 0.445. The Bertz CT molecular complexity index is 1440. The van der Waals surface area contributed by atoms with Crippen LogP contribution in [0.3, 0.4) is 0 Å². The van der Waals surface area contributed by atoms with E-state index in [0.717, 1.165) is 10.1 Å². The van der Waals surface area contributed by atoms with Gasteiger partial charge in [0, 0.05) is 48.3 Å². The van der Waals surface area contributed by atoms with Gasteiger partial charge in [0.15, 0.2) is 0 Å². The van der Waals surface area contributed by atoms with Gasteiger partial charge in [0.25, 0.3) is 21.8 Å². The molecule has 0 bridgehead atoms. The first-order valence-electron chi connectivity index (χ1n) is 11.0. The number of aromatic nitrogens is 1. The van der Waals surface area contributed by atoms with Gasteiger partial charge < -0.3 is 9.80 Å². The number of hydrogen-bond acceptors (Lipinski definition) is 6. The summed E-state index contributed by atoms with van der Waals surface area (Å²) in [4.78, 5) is 33.0. The molecule has 8 nitrogen and oxygen atoms in total. The predicted octanol–water partition coefficient (Wildman–Crippen LogP) is 3.70. The molecule has 2 aromatic carbocycles. The van der Waals surface area contributed by atoms with Crippen molar-refractivity contribution < 1.29 is 18.0 Å². The zero-order valence-corrected chi connectivity index (χ0v) is 20.3. The number of piperazine rings is 1. The minimum Gasteiger partial charge on any atom is -0.335 e. The predicted molar refractivity (Wildman–Crippen MR) is 135 cm³/mol. The molecule has 1 aliphatic heterocycles. The average molecular weight is 507 g/mol. The lowest BCUT2D eigenvalue weighted by Crippen LogP contribution is -2.50. The molecule has 2 aromatic heterocycles. The van der Waals surface area contributed by atoms with E-state index in [2.05, 4.69) is 9.71 Å². The zero-order valence-electron chi connectivity index (χ0n) is 18.6. The first kappa shape index (κ1) is 23.0. The molecule has 5 rings (SSSR count). The molecule has 1 fully saturated rings. The number of carbonyl (C=O) groups is 2. The van der Waals surface area contributed by atoms with E-state index in [-0.39, 0.29) is 16.0 Å². The Morgan fingerprint density at radius 2 is 1.49 bits per heavy atom. The number of sulfonamides is 1. The van der Waals surface area contributed by atoms with E-state index in [1.807, 2.05) is 24.3 Å². The van der Waals surface area contributed by atoms with Crippen LogP contribution < -0.4 is 4.72 Å². The minimum atomic E-state index is -3.74. The topological polar surface area (TPSA) is 99.7 Å². The third kappa shape index (κ3) is 4.89. The number of carbonyl (C=O) groups excluding carboxylic acids is 2. The van der Waals surface area contributed by atoms with E-state index in [0.29, 0.717) is 43.1 Å². The maximum atomic E-state index is 12.9. The van der Waals surface area contributed by atoms with Crippen LogP contribution in [-0.4, -0.2) is 61.2 Å². The molecule has 0 unspecified atom stereocenters. The largest absolute Gasteiger partial charge is 0.335 e. The monoisotopic (exact) mass is 506 g/mol. The summed E-state index contributed by atoms with van der Waals surface area (Å²) in [5.41, 5.74) is 1.23. The Hall–Kier alpha value is -3.76. The number of amides is 2. The van der Waals surface area contributed by atoms with Gasteiger partial charge >= 0.3 is 0 Å². The molecule has 3 heterocycles. The summed E-state index contributed by atoms with van der Waals surface area (Å²) in [5, 5.41) is 0.876. The van der Waals surface area contributed by atoms with Crippen LogP contribution in [0, 0.1) is 0 Å². The van der Waals surface area contributed by atoms with E-state index >= 15 is 0 Å². The standard InChI is InChI=1S/C25H22N4O4S2/c30-24(28-13-15-29(16-14-28)25(31)21-6-3-4-12-26-21)18-8-10-20(11-9-18)27-35(32,33)23-17-19-5-1-2-7-22(19)34-23/h1-12,17,27H,13-16H2. The molecule has 35 heavy (non-hydrogen) atoms. The van der Waals surface area contributed by atoms with E-state index < -0.39 is 10.0 Å². The summed E-state index contributed by atoms with van der Waals surface area (Å²) >= 11 is 1.21. The molecule has 1 N–H and O–H groups in total. The SMILES string of the molecule is O=C(c1ccc(NS(=O)(=O)c2cc3ccccc3s2)cc1)N1CCN(C(=O)c2ccccn2)CC1. The van der Waals surface area contributed by atoms with Crippen molar-refractivity contribution in [1.82, 2.24) is 14.8 Å². The van der Waals surface area contributed by atoms with Crippen LogP contribution in [0.1, 0.15) is 20.8 Å². The molecule has 4 aromatic rings. The summed E-state index contributed by atoms with van der Waals surface area (Å²) in [5.74, 6) is -0.304. The number of hydrogen-bond donors (Lipinski definition) is 1. The van der Waals surface area contributed by atoms with Gasteiger partial charge in [-0.1, -0.05) is 24.3 Å². The summed E-state index contributed by atoms with van der Waals surface area (Å²) < 4.78 is 29.3. The second-order valence-electron chi connectivity index (χ2n) is 8.09. The Morgan fingerprint density at radius 1 is 0.829 bits per heavy atom. The van der Waals surface area contributed by atoms with Crippen LogP contribution in [-0.2, 0) is 10.0 Å². The van der Waals surface area contributed by atoms with Crippen LogP contribution in [0.4, 0.5) is 5.69 Å². The van der Waals surface area contributed by atoms with E-state index in [1.165, 1.54) is 11.3 Å². The van der Waals surface area contributed by atoms with Gasteiger partial charge in [-0.05, 0) is 53.9 Å². The first-order valence-corrected chi connectivity index (χ1v) is 13.3. The molecule has 10 heteroatoms. The van der Waals surface area contributed by atoms with Gasteiger partial charge in [-0.25, -0.2) is 8.42 Å². The van der Waals surface area contributed by atoms with Gasteiger partial charge in [-0.15, -0.1) is 11.3 Å². The summed E-state index contributed by atoms with van der Waals surface area (Å²) in [6.45, 7) is 1.68. The van der Waals surface area contributed by atoms with Gasteiger partial charge in [-0.2, -0.15) is 0 Å². The molecular formula is C25H22N4O4S2. The van der Waals surface area contributed by atoms with Crippen LogP contribution >= 0.6 is 11.3 Å². The van der Waals surface area contributed by atoms with Crippen molar-refractivity contribution in [1.29, 1.82) is 0 Å². The highest BCUT2D eigenvalue weighted by atomic mass is 32.2. The number of thiophene rings is 1.